The second-order valence-corrected chi connectivity index (χ2v) is 13.0. The van der Waals surface area contributed by atoms with Crippen LogP contribution in [-0.4, -0.2) is 14.5 Å². The van der Waals surface area contributed by atoms with E-state index in [9.17, 15) is 0 Å². The van der Waals surface area contributed by atoms with Crippen molar-refractivity contribution in [3.05, 3.63) is 188 Å². The molecule has 238 valence electrons. The van der Waals surface area contributed by atoms with Crippen LogP contribution < -0.4 is 0 Å². The van der Waals surface area contributed by atoms with E-state index >= 15 is 0 Å². The van der Waals surface area contributed by atoms with Gasteiger partial charge in [-0.2, -0.15) is 0 Å². The van der Waals surface area contributed by atoms with Gasteiger partial charge < -0.3 is 0 Å². The Morgan fingerprint density at radius 2 is 0.941 bits per heavy atom. The average Bonchev–Trinajstić information content (AvgIpc) is 3.55. The molecule has 0 N–H and O–H groups in total. The molecule has 0 bridgehead atoms. The molecule has 10 aromatic rings. The predicted molar refractivity (Wildman–Crippen MR) is 213 cm³/mol. The van der Waals surface area contributed by atoms with Gasteiger partial charge >= 0.3 is 0 Å². The summed E-state index contributed by atoms with van der Waals surface area (Å²) in [6.07, 6.45) is 0. The number of hydrogen-bond acceptors (Lipinski definition) is 2. The molecular weight excluding hydrogens is 619 g/mol. The van der Waals surface area contributed by atoms with E-state index in [1.54, 1.807) is 0 Å². The summed E-state index contributed by atoms with van der Waals surface area (Å²) in [7, 11) is 0. The fraction of sp³-hybridized carbons (Fsp3) is 0. The van der Waals surface area contributed by atoms with E-state index in [4.69, 9.17) is 9.97 Å². The molecule has 10 rings (SSSR count). The molecule has 0 amide bonds. The minimum atomic E-state index is 0.851. The topological polar surface area (TPSA) is 30.7 Å². The maximum Gasteiger partial charge on any atom is 0.139 e. The average molecular weight is 650 g/mol. The number of benzene rings is 7. The standard InChI is InChI=1S/C48H31N3/c1-5-15-32(16-6-1)36-25-26-39-44(29-36)51(45-30-40(33-17-7-2-8-18-33)37-23-13-14-24-38(37)47(39)45)46-31-41(34-19-9-3-10-20-34)48-43(49-46)28-27-42(50-48)35-21-11-4-12-22-35/h1-31H. The van der Waals surface area contributed by atoms with E-state index in [0.717, 1.165) is 55.8 Å². The van der Waals surface area contributed by atoms with E-state index in [0.29, 0.717) is 0 Å². The van der Waals surface area contributed by atoms with Crippen molar-refractivity contribution in [2.45, 2.75) is 0 Å². The first kappa shape index (κ1) is 29.1. The Hall–Kier alpha value is -6.84. The zero-order chi connectivity index (χ0) is 33.7. The lowest BCUT2D eigenvalue weighted by molar-refractivity contribution is 1.10. The summed E-state index contributed by atoms with van der Waals surface area (Å²) in [5.74, 6) is 0.857. The molecule has 51 heavy (non-hydrogen) atoms. The summed E-state index contributed by atoms with van der Waals surface area (Å²) in [4.78, 5) is 10.7. The molecule has 0 atom stereocenters. The quantitative estimate of drug-likeness (QED) is 0.186. The number of hydrogen-bond donors (Lipinski definition) is 0. The van der Waals surface area contributed by atoms with Crippen LogP contribution in [0.25, 0.3) is 94.1 Å². The van der Waals surface area contributed by atoms with Crippen molar-refractivity contribution in [1.29, 1.82) is 0 Å². The van der Waals surface area contributed by atoms with Crippen molar-refractivity contribution in [2.24, 2.45) is 0 Å². The molecule has 3 heterocycles. The van der Waals surface area contributed by atoms with Gasteiger partial charge in [0.15, 0.2) is 0 Å². The Kier molecular flexibility index (Phi) is 6.81. The van der Waals surface area contributed by atoms with Gasteiger partial charge in [-0.3, -0.25) is 4.57 Å². The molecule has 0 unspecified atom stereocenters. The third-order valence-electron chi connectivity index (χ3n) is 9.99. The van der Waals surface area contributed by atoms with Crippen molar-refractivity contribution in [3.8, 4) is 50.5 Å². The zero-order valence-corrected chi connectivity index (χ0v) is 27.7. The van der Waals surface area contributed by atoms with Crippen LogP contribution in [-0.2, 0) is 0 Å². The number of pyridine rings is 2. The monoisotopic (exact) mass is 649 g/mol. The SMILES string of the molecule is c1ccc(-c2ccc3c4c5ccccc5c(-c5ccccc5)cc4n(-c4cc(-c5ccccc5)c5nc(-c6ccccc6)ccc5n4)c3c2)cc1. The van der Waals surface area contributed by atoms with Gasteiger partial charge in [0.25, 0.3) is 0 Å². The molecule has 0 saturated heterocycles. The Balaban J connectivity index is 1.34. The number of nitrogens with zero attached hydrogens (tertiary/aromatic N) is 3. The van der Waals surface area contributed by atoms with Crippen LogP contribution in [0.4, 0.5) is 0 Å². The highest BCUT2D eigenvalue weighted by Gasteiger charge is 2.21. The summed E-state index contributed by atoms with van der Waals surface area (Å²) in [6, 6.07) is 66.7. The first-order valence-corrected chi connectivity index (χ1v) is 17.3. The Morgan fingerprint density at radius 3 is 1.63 bits per heavy atom. The van der Waals surface area contributed by atoms with Gasteiger partial charge in [0, 0.05) is 21.9 Å². The normalized spacial score (nSPS) is 11.5. The highest BCUT2D eigenvalue weighted by atomic mass is 15.1. The maximum atomic E-state index is 5.42. The molecule has 0 saturated carbocycles. The lowest BCUT2D eigenvalue weighted by Crippen LogP contribution is -2.01. The summed E-state index contributed by atoms with van der Waals surface area (Å²) in [5.41, 5.74) is 12.9. The molecule has 0 aliphatic carbocycles. The number of rotatable bonds is 5. The summed E-state index contributed by atoms with van der Waals surface area (Å²) < 4.78 is 2.37. The molecule has 3 nitrogen and oxygen atoms in total. The van der Waals surface area contributed by atoms with Crippen molar-refractivity contribution in [2.75, 3.05) is 0 Å². The largest absolute Gasteiger partial charge is 0.294 e. The van der Waals surface area contributed by atoms with Gasteiger partial charge in [-0.15, -0.1) is 0 Å². The van der Waals surface area contributed by atoms with E-state index < -0.39 is 0 Å². The van der Waals surface area contributed by atoms with Crippen molar-refractivity contribution < 1.29 is 0 Å². The van der Waals surface area contributed by atoms with Gasteiger partial charge in [-0.25, -0.2) is 9.97 Å². The maximum absolute atomic E-state index is 5.42. The first-order chi connectivity index (χ1) is 25.3. The molecule has 0 aliphatic rings. The minimum absolute atomic E-state index is 0.851. The van der Waals surface area contributed by atoms with Gasteiger partial charge in [0.05, 0.1) is 27.8 Å². The van der Waals surface area contributed by atoms with Crippen LogP contribution in [0.3, 0.4) is 0 Å². The molecule has 0 aliphatic heterocycles. The number of aromatic nitrogens is 3. The fourth-order valence-electron chi connectivity index (χ4n) is 7.61. The van der Waals surface area contributed by atoms with Gasteiger partial charge in [0.2, 0.25) is 0 Å². The van der Waals surface area contributed by atoms with E-state index in [1.165, 1.54) is 38.2 Å². The molecule has 0 fully saturated rings. The summed E-state index contributed by atoms with van der Waals surface area (Å²) in [6.45, 7) is 0. The molecule has 3 heteroatoms. The predicted octanol–water partition coefficient (Wildman–Crippen LogP) is 12.5. The summed E-state index contributed by atoms with van der Waals surface area (Å²) >= 11 is 0. The number of fused-ring (bicyclic) bond motifs is 6. The van der Waals surface area contributed by atoms with Gasteiger partial charge in [-0.05, 0) is 68.9 Å². The Bertz CT molecular complexity index is 2880. The molecule has 0 spiro atoms. The van der Waals surface area contributed by atoms with Crippen molar-refractivity contribution in [3.63, 3.8) is 0 Å². The van der Waals surface area contributed by atoms with Crippen LogP contribution in [0.2, 0.25) is 0 Å². The molecule has 3 aromatic heterocycles. The lowest BCUT2D eigenvalue weighted by atomic mass is 9.94. The van der Waals surface area contributed by atoms with Gasteiger partial charge in [-0.1, -0.05) is 158 Å². The second-order valence-electron chi connectivity index (χ2n) is 13.0. The highest BCUT2D eigenvalue weighted by molar-refractivity contribution is 6.24. The van der Waals surface area contributed by atoms with Crippen LogP contribution in [0.15, 0.2) is 188 Å². The van der Waals surface area contributed by atoms with E-state index in [2.05, 4.69) is 187 Å². The molecule has 7 aromatic carbocycles. The Morgan fingerprint density at radius 1 is 0.353 bits per heavy atom. The van der Waals surface area contributed by atoms with E-state index in [-0.39, 0.29) is 0 Å². The summed E-state index contributed by atoms with van der Waals surface area (Å²) in [5, 5.41) is 4.88. The van der Waals surface area contributed by atoms with Crippen LogP contribution >= 0.6 is 0 Å². The third kappa shape index (κ3) is 4.90. The molecule has 0 radical (unpaired) electrons. The molecular formula is C48H31N3. The lowest BCUT2D eigenvalue weighted by Gasteiger charge is -2.15. The van der Waals surface area contributed by atoms with Crippen molar-refractivity contribution in [1.82, 2.24) is 14.5 Å². The van der Waals surface area contributed by atoms with Gasteiger partial charge in [0.1, 0.15) is 5.82 Å². The zero-order valence-electron chi connectivity index (χ0n) is 27.7. The van der Waals surface area contributed by atoms with Crippen LogP contribution in [0, 0.1) is 0 Å². The Labute approximate surface area is 295 Å². The van der Waals surface area contributed by atoms with Crippen LogP contribution in [0.5, 0.6) is 0 Å². The smallest absolute Gasteiger partial charge is 0.139 e. The second kappa shape index (κ2) is 11.9. The minimum Gasteiger partial charge on any atom is -0.294 e. The first-order valence-electron chi connectivity index (χ1n) is 17.3. The third-order valence-corrected chi connectivity index (χ3v) is 9.99. The highest BCUT2D eigenvalue weighted by Crippen LogP contribution is 2.43. The fourth-order valence-corrected chi connectivity index (χ4v) is 7.61. The van der Waals surface area contributed by atoms with E-state index in [1.807, 2.05) is 6.07 Å². The van der Waals surface area contributed by atoms with Crippen LogP contribution in [0.1, 0.15) is 0 Å². The van der Waals surface area contributed by atoms with Crippen molar-refractivity contribution >= 4 is 43.6 Å².